The van der Waals surface area contributed by atoms with E-state index in [1.165, 1.54) is 6.07 Å². The van der Waals surface area contributed by atoms with Crippen molar-refractivity contribution in [3.8, 4) is 17.3 Å². The lowest BCUT2D eigenvalue weighted by Crippen LogP contribution is -2.53. The molecule has 0 unspecified atom stereocenters. The summed E-state index contributed by atoms with van der Waals surface area (Å²) in [6.07, 6.45) is 6.46. The molecule has 14 heteroatoms. The standard InChI is InChI=1S/C30H35F2N7O4S/c1-16-27(23-12-18-6-11-24(39(30(31)32)44(3,41)42)35-28(18)36(23)15-17-4-5-17)34-25-13-19(14-26(43-2)37(16)25)29(40)38-20-7-9-21(33)22(38)10-8-20/h6,11-14,17,20-22,30H,4-5,7-10,15,33H2,1-3H3/t20-,21-,22-/m1/s1. The number of methoxy groups -OCH3 is 1. The van der Waals surface area contributed by atoms with Crippen LogP contribution in [0, 0.1) is 12.8 Å². The number of sulfonamides is 1. The maximum atomic E-state index is 13.9. The Bertz CT molecular complexity index is 1900. The van der Waals surface area contributed by atoms with Gasteiger partial charge >= 0.3 is 6.55 Å². The fraction of sp³-hybridized carbons (Fsp3) is 0.500. The van der Waals surface area contributed by atoms with E-state index in [0.717, 1.165) is 56.2 Å². The van der Waals surface area contributed by atoms with Gasteiger partial charge in [-0.25, -0.2) is 18.4 Å². The first kappa shape index (κ1) is 29.0. The molecule has 2 aliphatic heterocycles. The Balaban J connectivity index is 1.35. The molecule has 2 bridgehead atoms. The number of fused-ring (bicyclic) bond motifs is 4. The lowest BCUT2D eigenvalue weighted by molar-refractivity contribution is 0.0562. The monoisotopic (exact) mass is 627 g/mol. The summed E-state index contributed by atoms with van der Waals surface area (Å²) in [5.41, 5.74) is 9.91. The van der Waals surface area contributed by atoms with E-state index >= 15 is 0 Å². The van der Waals surface area contributed by atoms with Crippen LogP contribution in [0.1, 0.15) is 54.6 Å². The van der Waals surface area contributed by atoms with Crippen molar-refractivity contribution in [1.82, 2.24) is 23.8 Å². The quantitative estimate of drug-likeness (QED) is 0.291. The third kappa shape index (κ3) is 4.69. The Morgan fingerprint density at radius 2 is 1.86 bits per heavy atom. The Morgan fingerprint density at radius 1 is 1.11 bits per heavy atom. The van der Waals surface area contributed by atoms with Crippen LogP contribution in [-0.2, 0) is 16.6 Å². The predicted molar refractivity (Wildman–Crippen MR) is 161 cm³/mol. The Labute approximate surface area is 253 Å². The molecule has 3 aliphatic rings. The van der Waals surface area contributed by atoms with Crippen LogP contribution < -0.4 is 14.8 Å². The second-order valence-corrected chi connectivity index (χ2v) is 14.1. The molecule has 0 aromatic carbocycles. The van der Waals surface area contributed by atoms with Crippen molar-refractivity contribution in [2.45, 2.75) is 76.7 Å². The van der Waals surface area contributed by atoms with Crippen molar-refractivity contribution in [3.05, 3.63) is 41.6 Å². The van der Waals surface area contributed by atoms with E-state index in [0.29, 0.717) is 46.3 Å². The predicted octanol–water partition coefficient (Wildman–Crippen LogP) is 4.16. The van der Waals surface area contributed by atoms with Crippen molar-refractivity contribution in [1.29, 1.82) is 0 Å². The second kappa shape index (κ2) is 10.4. The average molecular weight is 628 g/mol. The smallest absolute Gasteiger partial charge is 0.329 e. The number of pyridine rings is 2. The van der Waals surface area contributed by atoms with Gasteiger partial charge in [0.2, 0.25) is 10.0 Å². The van der Waals surface area contributed by atoms with E-state index in [4.69, 9.17) is 15.5 Å². The van der Waals surface area contributed by atoms with Crippen molar-refractivity contribution >= 4 is 38.4 Å². The molecular weight excluding hydrogens is 592 g/mol. The van der Waals surface area contributed by atoms with E-state index in [1.54, 1.807) is 25.3 Å². The number of hydrogen-bond acceptors (Lipinski definition) is 7. The van der Waals surface area contributed by atoms with Gasteiger partial charge in [-0.15, -0.1) is 0 Å². The zero-order valence-corrected chi connectivity index (χ0v) is 25.6. The number of nitrogens with two attached hydrogens (primary N) is 1. The number of amides is 1. The average Bonchev–Trinajstić information content (AvgIpc) is 3.52. The summed E-state index contributed by atoms with van der Waals surface area (Å²) in [7, 11) is -2.72. The van der Waals surface area contributed by atoms with E-state index in [2.05, 4.69) is 4.98 Å². The van der Waals surface area contributed by atoms with Crippen LogP contribution in [-0.4, -0.2) is 76.2 Å². The van der Waals surface area contributed by atoms with Crippen LogP contribution in [0.15, 0.2) is 30.3 Å². The van der Waals surface area contributed by atoms with Gasteiger partial charge in [-0.3, -0.25) is 9.20 Å². The Morgan fingerprint density at radius 3 is 2.55 bits per heavy atom. The van der Waals surface area contributed by atoms with Crippen molar-refractivity contribution < 1.29 is 26.7 Å². The molecule has 1 aliphatic carbocycles. The van der Waals surface area contributed by atoms with Gasteiger partial charge < -0.3 is 19.9 Å². The highest BCUT2D eigenvalue weighted by molar-refractivity contribution is 7.92. The molecule has 3 fully saturated rings. The summed E-state index contributed by atoms with van der Waals surface area (Å²) in [5, 5.41) is 0.670. The zero-order chi connectivity index (χ0) is 31.1. The number of carbonyl (C=O) groups excluding carboxylic acids is 1. The summed E-state index contributed by atoms with van der Waals surface area (Å²) >= 11 is 0. The molecule has 0 spiro atoms. The molecule has 4 aromatic heterocycles. The molecule has 0 radical (unpaired) electrons. The molecule has 1 saturated carbocycles. The fourth-order valence-electron chi connectivity index (χ4n) is 7.05. The number of hydrogen-bond donors (Lipinski definition) is 1. The molecule has 6 heterocycles. The van der Waals surface area contributed by atoms with Crippen LogP contribution in [0.4, 0.5) is 14.6 Å². The first-order valence-corrected chi connectivity index (χ1v) is 16.7. The number of imidazole rings is 1. The van der Waals surface area contributed by atoms with Gasteiger partial charge in [-0.05, 0) is 75.6 Å². The Hall–Kier alpha value is -3.78. The number of carbonyl (C=O) groups is 1. The molecule has 2 saturated heterocycles. The highest BCUT2D eigenvalue weighted by Gasteiger charge is 2.44. The molecule has 2 N–H and O–H groups in total. The fourth-order valence-corrected chi connectivity index (χ4v) is 7.78. The lowest BCUT2D eigenvalue weighted by atomic mass is 9.97. The van der Waals surface area contributed by atoms with Crippen molar-refractivity contribution in [2.75, 3.05) is 17.7 Å². The van der Waals surface area contributed by atoms with Crippen LogP contribution in [0.3, 0.4) is 0 Å². The third-order valence-corrected chi connectivity index (χ3v) is 10.4. The number of alkyl halides is 2. The van der Waals surface area contributed by atoms with Gasteiger partial charge in [-0.1, -0.05) is 0 Å². The molecule has 3 atom stereocenters. The van der Waals surface area contributed by atoms with E-state index in [9.17, 15) is 22.0 Å². The molecule has 11 nitrogen and oxygen atoms in total. The van der Waals surface area contributed by atoms with E-state index < -0.39 is 16.6 Å². The second-order valence-electron chi connectivity index (χ2n) is 12.3. The number of piperidine rings is 1. The van der Waals surface area contributed by atoms with Gasteiger partial charge in [0, 0.05) is 41.7 Å². The summed E-state index contributed by atoms with van der Waals surface area (Å²) in [5.74, 6) is 0.421. The molecule has 4 aromatic rings. The normalized spacial score (nSPS) is 22.0. The molecule has 44 heavy (non-hydrogen) atoms. The number of aromatic nitrogens is 4. The number of ether oxygens (including phenoxy) is 1. The largest absolute Gasteiger partial charge is 0.482 e. The Kier molecular flexibility index (Phi) is 6.85. The van der Waals surface area contributed by atoms with Gasteiger partial charge in [-0.2, -0.15) is 13.1 Å². The topological polar surface area (TPSA) is 128 Å². The minimum atomic E-state index is -4.27. The number of nitrogens with zero attached hydrogens (tertiary/aromatic N) is 6. The first-order chi connectivity index (χ1) is 21.0. The van der Waals surface area contributed by atoms with Gasteiger partial charge in [0.25, 0.3) is 5.91 Å². The number of rotatable bonds is 8. The summed E-state index contributed by atoms with van der Waals surface area (Å²) in [6, 6.07) is 8.48. The number of halogens is 2. The number of anilines is 1. The minimum Gasteiger partial charge on any atom is -0.482 e. The third-order valence-electron chi connectivity index (χ3n) is 9.35. The SMILES string of the molecule is COc1cc(C(=O)N2[C@@H]3CC[C@@H](N)[C@H]2CC3)cc2nc(-c3cc4ccc(N(C(F)F)S(C)(=O)=O)nc4n3CC3CC3)c(C)n12. The van der Waals surface area contributed by atoms with Gasteiger partial charge in [0.15, 0.2) is 5.88 Å². The van der Waals surface area contributed by atoms with Crippen LogP contribution in [0.2, 0.25) is 0 Å². The molecule has 1 amide bonds. The van der Waals surface area contributed by atoms with Crippen LogP contribution >= 0.6 is 0 Å². The molecule has 7 rings (SSSR count). The molecule has 234 valence electrons. The van der Waals surface area contributed by atoms with E-state index in [1.807, 2.05) is 26.9 Å². The molecular formula is C30H35F2N7O4S. The first-order valence-electron chi connectivity index (χ1n) is 14.9. The summed E-state index contributed by atoms with van der Waals surface area (Å²) in [6.45, 7) is -0.791. The summed E-state index contributed by atoms with van der Waals surface area (Å²) in [4.78, 5) is 25.2. The maximum Gasteiger partial charge on any atom is 0.329 e. The van der Waals surface area contributed by atoms with E-state index in [-0.39, 0.29) is 34.2 Å². The van der Waals surface area contributed by atoms with Gasteiger partial charge in [0.05, 0.1) is 24.8 Å². The van der Waals surface area contributed by atoms with Crippen molar-refractivity contribution in [2.24, 2.45) is 11.7 Å². The van der Waals surface area contributed by atoms with Crippen molar-refractivity contribution in [3.63, 3.8) is 0 Å². The highest BCUT2D eigenvalue weighted by atomic mass is 32.2. The summed E-state index contributed by atoms with van der Waals surface area (Å²) < 4.78 is 61.6. The highest BCUT2D eigenvalue weighted by Crippen LogP contribution is 2.39. The minimum absolute atomic E-state index is 0.0275. The lowest BCUT2D eigenvalue weighted by Gasteiger charge is -2.38. The number of aryl methyl sites for hydroxylation is 1. The van der Waals surface area contributed by atoms with Crippen LogP contribution in [0.25, 0.3) is 28.1 Å². The zero-order valence-electron chi connectivity index (χ0n) is 24.8. The van der Waals surface area contributed by atoms with Crippen LogP contribution in [0.5, 0.6) is 5.88 Å². The maximum absolute atomic E-state index is 13.9. The van der Waals surface area contributed by atoms with Gasteiger partial charge in [0.1, 0.15) is 22.8 Å².